The minimum atomic E-state index is -0.872. The van der Waals surface area contributed by atoms with Gasteiger partial charge in [0.25, 0.3) is 0 Å². The fraction of sp³-hybridized carbons (Fsp3) is 0.836. The molecule has 71 heavy (non-hydrogen) atoms. The van der Waals surface area contributed by atoms with Gasteiger partial charge < -0.3 is 15.5 Å². The van der Waals surface area contributed by atoms with Crippen LogP contribution in [-0.2, 0) is 4.79 Å². The molecule has 0 heterocycles. The first-order valence-electron chi connectivity index (χ1n) is 32.0. The van der Waals surface area contributed by atoms with Crippen molar-refractivity contribution in [3.8, 4) is 0 Å². The summed E-state index contributed by atoms with van der Waals surface area (Å²) in [6.07, 6.45) is 88.5. The van der Waals surface area contributed by atoms with Gasteiger partial charge in [-0.25, -0.2) is 0 Å². The Balaban J connectivity index is 3.48. The van der Waals surface area contributed by atoms with E-state index in [4.69, 9.17) is 0 Å². The molecule has 416 valence electrons. The largest absolute Gasteiger partial charge is 0.394 e. The van der Waals surface area contributed by atoms with E-state index in [1.807, 2.05) is 6.08 Å². The number of unbranched alkanes of at least 4 members (excludes halogenated alkanes) is 44. The molecule has 0 aromatic carbocycles. The van der Waals surface area contributed by atoms with E-state index in [-0.39, 0.29) is 12.5 Å². The first-order valence-corrected chi connectivity index (χ1v) is 32.0. The van der Waals surface area contributed by atoms with Gasteiger partial charge in [0.15, 0.2) is 0 Å². The molecule has 1 amide bonds. The molecule has 0 fully saturated rings. The van der Waals surface area contributed by atoms with Crippen LogP contribution in [0.25, 0.3) is 0 Å². The van der Waals surface area contributed by atoms with Gasteiger partial charge in [-0.05, 0) is 77.0 Å². The van der Waals surface area contributed by atoms with Gasteiger partial charge in [0.1, 0.15) is 0 Å². The van der Waals surface area contributed by atoms with E-state index in [0.29, 0.717) is 6.42 Å². The molecule has 0 aliphatic carbocycles. The van der Waals surface area contributed by atoms with Crippen LogP contribution in [0.1, 0.15) is 341 Å². The Morgan fingerprint density at radius 3 is 0.901 bits per heavy atom. The second kappa shape index (κ2) is 62.4. The molecule has 2 atom stereocenters. The smallest absolute Gasteiger partial charge is 0.220 e. The molecule has 2 unspecified atom stereocenters. The monoisotopic (exact) mass is 992 g/mol. The number of hydrogen-bond acceptors (Lipinski definition) is 3. The van der Waals surface area contributed by atoms with Crippen LogP contribution < -0.4 is 5.32 Å². The molecule has 0 radical (unpaired) electrons. The number of rotatable bonds is 59. The van der Waals surface area contributed by atoms with Crippen LogP contribution in [0.15, 0.2) is 60.8 Å². The number of aliphatic hydroxyl groups excluding tert-OH is 2. The lowest BCUT2D eigenvalue weighted by molar-refractivity contribution is -0.123. The van der Waals surface area contributed by atoms with Gasteiger partial charge in [0, 0.05) is 6.42 Å². The topological polar surface area (TPSA) is 69.6 Å². The Labute approximate surface area is 445 Å². The van der Waals surface area contributed by atoms with Gasteiger partial charge in [-0.15, -0.1) is 0 Å². The summed E-state index contributed by atoms with van der Waals surface area (Å²) in [5, 5.41) is 23.2. The van der Waals surface area contributed by atoms with E-state index in [9.17, 15) is 15.0 Å². The molecule has 0 saturated carbocycles. The standard InChI is InChI=1S/C67H125NO3/c1-3-5-7-9-11-13-15-17-19-21-23-25-27-29-30-31-32-33-34-35-36-37-38-39-41-43-45-47-49-51-53-55-57-59-61-63-67(71)68-65(64-69)66(70)62-60-58-56-54-52-50-48-46-44-42-40-28-26-24-22-20-18-16-14-12-10-8-6-4-2/h15,17,21,23,44,46,52,54,60,62,65-66,69-70H,3-14,16,18-20,22,24-43,45,47-51,53,55-59,61,63-64H2,1-2H3,(H,68,71)/b17-15-,23-21-,46-44+,54-52+,62-60+. The van der Waals surface area contributed by atoms with E-state index >= 15 is 0 Å². The molecule has 0 bridgehead atoms. The molecule has 0 aliphatic rings. The van der Waals surface area contributed by atoms with Gasteiger partial charge in [0.05, 0.1) is 18.8 Å². The van der Waals surface area contributed by atoms with Crippen molar-refractivity contribution < 1.29 is 15.0 Å². The number of carbonyl (C=O) groups is 1. The van der Waals surface area contributed by atoms with E-state index in [2.05, 4.69) is 67.8 Å². The van der Waals surface area contributed by atoms with Gasteiger partial charge in [0.2, 0.25) is 5.91 Å². The summed E-state index contributed by atoms with van der Waals surface area (Å²) in [4.78, 5) is 12.5. The summed E-state index contributed by atoms with van der Waals surface area (Å²) in [5.41, 5.74) is 0. The van der Waals surface area contributed by atoms with Crippen LogP contribution in [0, 0.1) is 0 Å². The second-order valence-electron chi connectivity index (χ2n) is 21.8. The van der Waals surface area contributed by atoms with Gasteiger partial charge in [-0.1, -0.05) is 319 Å². The minimum absolute atomic E-state index is 0.0727. The summed E-state index contributed by atoms with van der Waals surface area (Å²) >= 11 is 0. The molecular weight excluding hydrogens is 867 g/mol. The summed E-state index contributed by atoms with van der Waals surface area (Å²) in [5.74, 6) is -0.0727. The van der Waals surface area contributed by atoms with Crippen LogP contribution in [0.3, 0.4) is 0 Å². The van der Waals surface area contributed by atoms with Crippen molar-refractivity contribution >= 4 is 5.91 Å². The lowest BCUT2D eigenvalue weighted by Gasteiger charge is -2.19. The number of amides is 1. The molecule has 0 aliphatic heterocycles. The maximum absolute atomic E-state index is 12.5. The molecule has 0 rings (SSSR count). The lowest BCUT2D eigenvalue weighted by Crippen LogP contribution is -2.45. The molecule has 0 aromatic rings. The zero-order valence-corrected chi connectivity index (χ0v) is 48.0. The van der Waals surface area contributed by atoms with Crippen LogP contribution in [0.4, 0.5) is 0 Å². The number of aliphatic hydroxyl groups is 2. The van der Waals surface area contributed by atoms with Crippen molar-refractivity contribution in [3.63, 3.8) is 0 Å². The summed E-state index contributed by atoms with van der Waals surface area (Å²) in [7, 11) is 0. The van der Waals surface area contributed by atoms with Crippen LogP contribution in [-0.4, -0.2) is 34.9 Å². The van der Waals surface area contributed by atoms with Crippen molar-refractivity contribution in [2.45, 2.75) is 353 Å². The molecule has 0 saturated heterocycles. The maximum atomic E-state index is 12.5. The third-order valence-electron chi connectivity index (χ3n) is 14.7. The maximum Gasteiger partial charge on any atom is 0.220 e. The second-order valence-corrected chi connectivity index (χ2v) is 21.8. The quantitative estimate of drug-likeness (QED) is 0.0420. The predicted octanol–water partition coefficient (Wildman–Crippen LogP) is 21.5. The Morgan fingerprint density at radius 2 is 0.592 bits per heavy atom. The molecule has 3 N–H and O–H groups in total. The average molecular weight is 993 g/mol. The van der Waals surface area contributed by atoms with E-state index in [0.717, 1.165) is 44.9 Å². The first-order chi connectivity index (χ1) is 35.2. The first kappa shape index (κ1) is 69.1. The molecule has 0 aromatic heterocycles. The third kappa shape index (κ3) is 58.8. The van der Waals surface area contributed by atoms with Crippen molar-refractivity contribution in [1.29, 1.82) is 0 Å². The predicted molar refractivity (Wildman–Crippen MR) is 318 cm³/mol. The Bertz CT molecular complexity index is 1170. The summed E-state index contributed by atoms with van der Waals surface area (Å²) in [6, 6.07) is -0.647. The van der Waals surface area contributed by atoms with Crippen LogP contribution >= 0.6 is 0 Å². The van der Waals surface area contributed by atoms with Crippen molar-refractivity contribution in [1.82, 2.24) is 5.32 Å². The highest BCUT2D eigenvalue weighted by Gasteiger charge is 2.18. The lowest BCUT2D eigenvalue weighted by atomic mass is 10.0. The highest BCUT2D eigenvalue weighted by atomic mass is 16.3. The number of nitrogens with one attached hydrogen (secondary N) is 1. The fourth-order valence-corrected chi connectivity index (χ4v) is 9.83. The van der Waals surface area contributed by atoms with E-state index in [1.54, 1.807) is 6.08 Å². The van der Waals surface area contributed by atoms with Crippen molar-refractivity contribution in [3.05, 3.63) is 60.8 Å². The van der Waals surface area contributed by atoms with Gasteiger partial charge in [-0.2, -0.15) is 0 Å². The number of hydrogen-bond donors (Lipinski definition) is 3. The number of carbonyl (C=O) groups excluding carboxylic acids is 1. The zero-order chi connectivity index (χ0) is 51.3. The summed E-state index contributed by atoms with van der Waals surface area (Å²) in [6.45, 7) is 4.31. The zero-order valence-electron chi connectivity index (χ0n) is 48.0. The Morgan fingerprint density at radius 1 is 0.338 bits per heavy atom. The Kier molecular flexibility index (Phi) is 60.7. The molecule has 0 spiro atoms. The van der Waals surface area contributed by atoms with E-state index in [1.165, 1.54) is 276 Å². The SMILES string of the molecule is CCCCCCC/C=C\C/C=C\CCCCCCCCCCCCCCCCCCCCCCCCCC(=O)NC(CO)C(O)/C=C/CC/C=C/CC/C=C/CCCCCCCCCCCCCCCC. The number of allylic oxidation sites excluding steroid dienone is 9. The molecular formula is C67H125NO3. The fourth-order valence-electron chi connectivity index (χ4n) is 9.83. The third-order valence-corrected chi connectivity index (χ3v) is 14.7. The van der Waals surface area contributed by atoms with Gasteiger partial charge in [-0.3, -0.25) is 4.79 Å². The summed E-state index contributed by atoms with van der Waals surface area (Å²) < 4.78 is 0. The highest BCUT2D eigenvalue weighted by Crippen LogP contribution is 2.18. The van der Waals surface area contributed by atoms with Gasteiger partial charge >= 0.3 is 0 Å². The highest BCUT2D eigenvalue weighted by molar-refractivity contribution is 5.76. The molecule has 4 nitrogen and oxygen atoms in total. The average Bonchev–Trinajstić information content (AvgIpc) is 3.37. The van der Waals surface area contributed by atoms with Crippen molar-refractivity contribution in [2.75, 3.05) is 6.61 Å². The van der Waals surface area contributed by atoms with E-state index < -0.39 is 12.1 Å². The van der Waals surface area contributed by atoms with Crippen LogP contribution in [0.2, 0.25) is 0 Å². The Hall–Kier alpha value is -1.91. The normalized spacial score (nSPS) is 13.1. The van der Waals surface area contributed by atoms with Crippen molar-refractivity contribution in [2.24, 2.45) is 0 Å². The molecule has 4 heteroatoms. The van der Waals surface area contributed by atoms with Crippen LogP contribution in [0.5, 0.6) is 0 Å². The minimum Gasteiger partial charge on any atom is -0.394 e.